The third kappa shape index (κ3) is 1.55. The molecule has 3 rings (SSSR count). The minimum absolute atomic E-state index is 0.444. The van der Waals surface area contributed by atoms with Crippen LogP contribution in [-0.4, -0.2) is 23.4 Å². The third-order valence-electron chi connectivity index (χ3n) is 2.65. The number of thiophene rings is 1. The Balaban J connectivity index is 1.93. The van der Waals surface area contributed by atoms with Gasteiger partial charge in [-0.15, -0.1) is 11.3 Å². The molecule has 2 N–H and O–H groups in total. The summed E-state index contributed by atoms with van der Waals surface area (Å²) in [4.78, 5) is 5.32. The first kappa shape index (κ1) is 9.95. The number of hydrogen-bond acceptors (Lipinski definition) is 6. The minimum atomic E-state index is -0.609. The zero-order chi connectivity index (χ0) is 11.0. The molecule has 0 aromatic carbocycles. The predicted molar refractivity (Wildman–Crippen MR) is 58.9 cm³/mol. The van der Waals surface area contributed by atoms with Crippen LogP contribution >= 0.6 is 11.3 Å². The van der Waals surface area contributed by atoms with Crippen LogP contribution in [-0.2, 0) is 10.3 Å². The molecule has 16 heavy (non-hydrogen) atoms. The zero-order valence-corrected chi connectivity index (χ0v) is 9.37. The van der Waals surface area contributed by atoms with Gasteiger partial charge in [0, 0.05) is 6.61 Å². The molecule has 0 aliphatic carbocycles. The van der Waals surface area contributed by atoms with Crippen molar-refractivity contribution in [1.82, 2.24) is 10.1 Å². The third-order valence-corrected chi connectivity index (χ3v) is 3.51. The van der Waals surface area contributed by atoms with Gasteiger partial charge in [0.1, 0.15) is 5.54 Å². The normalized spacial score (nSPS) is 25.1. The summed E-state index contributed by atoms with van der Waals surface area (Å²) in [6.45, 7) is 1.09. The largest absolute Gasteiger partial charge is 0.379 e. The summed E-state index contributed by atoms with van der Waals surface area (Å²) >= 11 is 1.57. The molecular formula is C10H11N3O2S. The van der Waals surface area contributed by atoms with E-state index < -0.39 is 5.54 Å². The smallest absolute Gasteiger partial charge is 0.249 e. The number of ether oxygens (including phenoxy) is 1. The summed E-state index contributed by atoms with van der Waals surface area (Å²) in [5.74, 6) is 1.06. The van der Waals surface area contributed by atoms with Crippen LogP contribution in [0.5, 0.6) is 0 Å². The second kappa shape index (κ2) is 3.65. The molecule has 84 valence electrons. The first-order valence-electron chi connectivity index (χ1n) is 5.03. The second-order valence-corrected chi connectivity index (χ2v) is 4.81. The molecule has 1 unspecified atom stereocenters. The van der Waals surface area contributed by atoms with Gasteiger partial charge in [-0.25, -0.2) is 0 Å². The van der Waals surface area contributed by atoms with Crippen molar-refractivity contribution in [3.63, 3.8) is 0 Å². The Hall–Kier alpha value is -1.24. The molecule has 1 saturated heterocycles. The van der Waals surface area contributed by atoms with Crippen LogP contribution in [0, 0.1) is 0 Å². The van der Waals surface area contributed by atoms with E-state index in [4.69, 9.17) is 15.0 Å². The van der Waals surface area contributed by atoms with Gasteiger partial charge < -0.3 is 15.0 Å². The van der Waals surface area contributed by atoms with Crippen molar-refractivity contribution >= 4 is 11.3 Å². The lowest BCUT2D eigenvalue weighted by Gasteiger charge is -2.14. The average molecular weight is 237 g/mol. The lowest BCUT2D eigenvalue weighted by Crippen LogP contribution is -2.37. The van der Waals surface area contributed by atoms with E-state index in [9.17, 15) is 0 Å². The molecule has 1 atom stereocenters. The molecule has 3 heterocycles. The van der Waals surface area contributed by atoms with Crippen molar-refractivity contribution in [1.29, 1.82) is 0 Å². The Morgan fingerprint density at radius 1 is 1.50 bits per heavy atom. The monoisotopic (exact) mass is 237 g/mol. The Morgan fingerprint density at radius 3 is 3.12 bits per heavy atom. The Labute approximate surface area is 96.2 Å². The number of nitrogens with two attached hydrogens (primary N) is 1. The van der Waals surface area contributed by atoms with E-state index in [1.165, 1.54) is 0 Å². The first-order chi connectivity index (χ1) is 7.78. The predicted octanol–water partition coefficient (Wildman–Crippen LogP) is 1.37. The van der Waals surface area contributed by atoms with Gasteiger partial charge >= 0.3 is 0 Å². The van der Waals surface area contributed by atoms with E-state index in [1.54, 1.807) is 11.3 Å². The quantitative estimate of drug-likeness (QED) is 0.854. The average Bonchev–Trinajstić information content (AvgIpc) is 2.98. The molecule has 0 saturated carbocycles. The van der Waals surface area contributed by atoms with Crippen molar-refractivity contribution in [3.05, 3.63) is 23.4 Å². The summed E-state index contributed by atoms with van der Waals surface area (Å²) < 4.78 is 10.5. The fourth-order valence-electron chi connectivity index (χ4n) is 1.68. The van der Waals surface area contributed by atoms with E-state index in [0.717, 1.165) is 11.3 Å². The summed E-state index contributed by atoms with van der Waals surface area (Å²) in [5.41, 5.74) is 5.52. The maximum Gasteiger partial charge on any atom is 0.249 e. The SMILES string of the molecule is NC1(c2nc(-c3cccs3)no2)CCOC1. The van der Waals surface area contributed by atoms with Crippen LogP contribution in [0.4, 0.5) is 0 Å². The van der Waals surface area contributed by atoms with E-state index in [-0.39, 0.29) is 0 Å². The standard InChI is InChI=1S/C10H11N3O2S/c11-10(3-4-14-6-10)9-12-8(13-15-9)7-2-1-5-16-7/h1-2,5H,3-4,6,11H2. The fourth-order valence-corrected chi connectivity index (χ4v) is 2.33. The van der Waals surface area contributed by atoms with Crippen LogP contribution in [0.3, 0.4) is 0 Å². The molecular weight excluding hydrogens is 226 g/mol. The lowest BCUT2D eigenvalue weighted by atomic mass is 10.0. The van der Waals surface area contributed by atoms with Crippen LogP contribution in [0.2, 0.25) is 0 Å². The van der Waals surface area contributed by atoms with Gasteiger partial charge in [0.15, 0.2) is 0 Å². The number of aromatic nitrogens is 2. The summed E-state index contributed by atoms with van der Waals surface area (Å²) in [6.07, 6.45) is 0.721. The topological polar surface area (TPSA) is 74.2 Å². The van der Waals surface area contributed by atoms with Gasteiger partial charge in [-0.05, 0) is 17.9 Å². The molecule has 5 nitrogen and oxygen atoms in total. The molecule has 0 radical (unpaired) electrons. The van der Waals surface area contributed by atoms with E-state index in [2.05, 4.69) is 10.1 Å². The molecule has 0 bridgehead atoms. The summed E-state index contributed by atoms with van der Waals surface area (Å²) in [6, 6.07) is 3.90. The molecule has 0 spiro atoms. The van der Waals surface area contributed by atoms with Gasteiger partial charge in [-0.3, -0.25) is 0 Å². The first-order valence-corrected chi connectivity index (χ1v) is 5.91. The highest BCUT2D eigenvalue weighted by Gasteiger charge is 2.38. The Morgan fingerprint density at radius 2 is 2.44 bits per heavy atom. The molecule has 1 aliphatic heterocycles. The molecule has 0 amide bonds. The fraction of sp³-hybridized carbons (Fsp3) is 0.400. The number of rotatable bonds is 2. The Bertz CT molecular complexity index is 474. The number of nitrogens with zero attached hydrogens (tertiary/aromatic N) is 2. The van der Waals surface area contributed by atoms with Crippen molar-refractivity contribution < 1.29 is 9.26 Å². The van der Waals surface area contributed by atoms with Crippen molar-refractivity contribution in [2.75, 3.05) is 13.2 Å². The van der Waals surface area contributed by atoms with Gasteiger partial charge in [-0.1, -0.05) is 11.2 Å². The van der Waals surface area contributed by atoms with Gasteiger partial charge in [-0.2, -0.15) is 4.98 Å². The maximum absolute atomic E-state index is 6.13. The van der Waals surface area contributed by atoms with E-state index in [0.29, 0.717) is 24.9 Å². The lowest BCUT2D eigenvalue weighted by molar-refractivity contribution is 0.166. The van der Waals surface area contributed by atoms with Crippen LogP contribution < -0.4 is 5.73 Å². The molecule has 1 aliphatic rings. The van der Waals surface area contributed by atoms with E-state index >= 15 is 0 Å². The minimum Gasteiger partial charge on any atom is -0.379 e. The van der Waals surface area contributed by atoms with Gasteiger partial charge in [0.25, 0.3) is 0 Å². The van der Waals surface area contributed by atoms with Crippen LogP contribution in [0.25, 0.3) is 10.7 Å². The summed E-state index contributed by atoms with van der Waals surface area (Å²) in [7, 11) is 0. The van der Waals surface area contributed by atoms with Crippen molar-refractivity contribution in [2.24, 2.45) is 5.73 Å². The van der Waals surface area contributed by atoms with Gasteiger partial charge in [0.2, 0.25) is 11.7 Å². The van der Waals surface area contributed by atoms with Gasteiger partial charge in [0.05, 0.1) is 11.5 Å². The van der Waals surface area contributed by atoms with Crippen molar-refractivity contribution in [3.8, 4) is 10.7 Å². The highest BCUT2D eigenvalue weighted by molar-refractivity contribution is 7.13. The maximum atomic E-state index is 6.13. The highest BCUT2D eigenvalue weighted by atomic mass is 32.1. The van der Waals surface area contributed by atoms with E-state index in [1.807, 2.05) is 17.5 Å². The zero-order valence-electron chi connectivity index (χ0n) is 8.55. The molecule has 1 fully saturated rings. The number of hydrogen-bond donors (Lipinski definition) is 1. The van der Waals surface area contributed by atoms with Crippen LogP contribution in [0.15, 0.2) is 22.0 Å². The van der Waals surface area contributed by atoms with Crippen molar-refractivity contribution in [2.45, 2.75) is 12.0 Å². The Kier molecular flexibility index (Phi) is 2.27. The molecule has 2 aromatic heterocycles. The molecule has 6 heteroatoms. The molecule has 2 aromatic rings. The summed E-state index contributed by atoms with van der Waals surface area (Å²) in [5, 5.41) is 5.91. The second-order valence-electron chi connectivity index (χ2n) is 3.86. The highest BCUT2D eigenvalue weighted by Crippen LogP contribution is 2.29. The van der Waals surface area contributed by atoms with Crippen LogP contribution in [0.1, 0.15) is 12.3 Å².